The van der Waals surface area contributed by atoms with E-state index in [0.29, 0.717) is 0 Å². The largest absolute Gasteiger partial charge is 0.0651 e. The van der Waals surface area contributed by atoms with E-state index in [2.05, 4.69) is 62.3 Å². The number of rotatable bonds is 7. The van der Waals surface area contributed by atoms with Crippen LogP contribution >= 0.6 is 0 Å². The van der Waals surface area contributed by atoms with E-state index in [4.69, 9.17) is 0 Å². The van der Waals surface area contributed by atoms with Gasteiger partial charge in [0.05, 0.1) is 0 Å². The summed E-state index contributed by atoms with van der Waals surface area (Å²) in [6.45, 7) is 22.4. The second-order valence-corrected chi connectivity index (χ2v) is 10.2. The Morgan fingerprint density at radius 2 is 1.39 bits per heavy atom. The average molecular weight is 321 g/mol. The van der Waals surface area contributed by atoms with E-state index in [1.807, 2.05) is 0 Å². The number of hydrogen-bond donors (Lipinski definition) is 0. The van der Waals surface area contributed by atoms with Crippen molar-refractivity contribution in [3.8, 4) is 0 Å². The highest BCUT2D eigenvalue weighted by molar-refractivity contribution is 5.05. The highest BCUT2D eigenvalue weighted by atomic mass is 14.6. The zero-order valence-corrected chi connectivity index (χ0v) is 17.5. The molecule has 2 rings (SSSR count). The quantitative estimate of drug-likeness (QED) is 0.467. The van der Waals surface area contributed by atoms with Crippen molar-refractivity contribution in [2.45, 2.75) is 81.6 Å². The third-order valence-corrected chi connectivity index (χ3v) is 8.53. The standard InChI is InChI=1S/C23H44/c1-10-19(13(2)3)12-20(14(4)5)18(9)21-11-15(6)22-16(7)17(8)23(21)22/h13-23H,10-12H2,1-9H3. The first kappa shape index (κ1) is 19.3. The summed E-state index contributed by atoms with van der Waals surface area (Å²) in [6.07, 6.45) is 4.32. The van der Waals surface area contributed by atoms with E-state index in [1.54, 1.807) is 0 Å². The second-order valence-electron chi connectivity index (χ2n) is 10.2. The first-order valence-corrected chi connectivity index (χ1v) is 10.7. The van der Waals surface area contributed by atoms with E-state index >= 15 is 0 Å². The first-order valence-electron chi connectivity index (χ1n) is 10.7. The molecule has 0 saturated heterocycles. The summed E-state index contributed by atoms with van der Waals surface area (Å²) < 4.78 is 0. The van der Waals surface area contributed by atoms with Crippen LogP contribution in [-0.4, -0.2) is 0 Å². The van der Waals surface area contributed by atoms with Gasteiger partial charge in [0.15, 0.2) is 0 Å². The lowest BCUT2D eigenvalue weighted by molar-refractivity contribution is -0.0349. The summed E-state index contributed by atoms with van der Waals surface area (Å²) in [4.78, 5) is 0. The van der Waals surface area contributed by atoms with Gasteiger partial charge in [-0.3, -0.25) is 0 Å². The number of fused-ring (bicyclic) bond motifs is 1. The normalized spacial score (nSPS) is 40.8. The van der Waals surface area contributed by atoms with Crippen LogP contribution in [0.15, 0.2) is 0 Å². The van der Waals surface area contributed by atoms with Crippen molar-refractivity contribution in [1.29, 1.82) is 0 Å². The third kappa shape index (κ3) is 3.52. The van der Waals surface area contributed by atoms with Crippen molar-refractivity contribution >= 4 is 0 Å². The summed E-state index contributed by atoms with van der Waals surface area (Å²) in [5.41, 5.74) is 0. The van der Waals surface area contributed by atoms with Crippen LogP contribution < -0.4 is 0 Å². The maximum absolute atomic E-state index is 2.62. The predicted octanol–water partition coefficient (Wildman–Crippen LogP) is 7.14. The molecule has 2 fully saturated rings. The first-order chi connectivity index (χ1) is 10.7. The number of hydrogen-bond acceptors (Lipinski definition) is 0. The molecule has 0 bridgehead atoms. The van der Waals surface area contributed by atoms with Crippen LogP contribution in [0.3, 0.4) is 0 Å². The molecule has 2 aliphatic carbocycles. The zero-order chi connectivity index (χ0) is 17.5. The fourth-order valence-corrected chi connectivity index (χ4v) is 6.81. The van der Waals surface area contributed by atoms with Gasteiger partial charge < -0.3 is 0 Å². The SMILES string of the molecule is CCC(CC(C(C)C)C(C)C1CC(C)C2C(C)C(C)C12)C(C)C. The van der Waals surface area contributed by atoms with E-state index in [1.165, 1.54) is 19.3 Å². The molecule has 0 aliphatic heterocycles. The Kier molecular flexibility index (Phi) is 6.29. The van der Waals surface area contributed by atoms with Gasteiger partial charge in [0.25, 0.3) is 0 Å². The highest BCUT2D eigenvalue weighted by Gasteiger charge is 2.57. The Bertz CT molecular complexity index is 368. The molecule has 23 heavy (non-hydrogen) atoms. The van der Waals surface area contributed by atoms with Gasteiger partial charge in [-0.05, 0) is 77.9 Å². The summed E-state index contributed by atoms with van der Waals surface area (Å²) in [5.74, 6) is 10.4. The molecule has 2 aliphatic rings. The lowest BCUT2D eigenvalue weighted by Crippen LogP contribution is -2.46. The van der Waals surface area contributed by atoms with Crippen LogP contribution in [0.25, 0.3) is 0 Å². The van der Waals surface area contributed by atoms with Gasteiger partial charge in [0, 0.05) is 0 Å². The molecule has 2 saturated carbocycles. The minimum absolute atomic E-state index is 0.833. The molecule has 0 aromatic carbocycles. The minimum Gasteiger partial charge on any atom is -0.0651 e. The zero-order valence-electron chi connectivity index (χ0n) is 17.5. The predicted molar refractivity (Wildman–Crippen MR) is 103 cm³/mol. The maximum atomic E-state index is 2.62. The van der Waals surface area contributed by atoms with E-state index in [9.17, 15) is 0 Å². The fourth-order valence-electron chi connectivity index (χ4n) is 6.81. The average Bonchev–Trinajstić information content (AvgIpc) is 2.80. The summed E-state index contributed by atoms with van der Waals surface area (Å²) in [5, 5.41) is 0. The van der Waals surface area contributed by atoms with Crippen molar-refractivity contribution in [3.63, 3.8) is 0 Å². The Balaban J connectivity index is 2.11. The summed E-state index contributed by atoms with van der Waals surface area (Å²) in [7, 11) is 0. The monoisotopic (exact) mass is 320 g/mol. The van der Waals surface area contributed by atoms with Crippen LogP contribution in [0.2, 0.25) is 0 Å². The molecule has 0 aromatic heterocycles. The van der Waals surface area contributed by atoms with Crippen molar-refractivity contribution in [2.75, 3.05) is 0 Å². The molecule has 0 heteroatoms. The van der Waals surface area contributed by atoms with Gasteiger partial charge in [0.1, 0.15) is 0 Å². The van der Waals surface area contributed by atoms with Crippen LogP contribution in [-0.2, 0) is 0 Å². The summed E-state index contributed by atoms with van der Waals surface area (Å²) >= 11 is 0. The van der Waals surface area contributed by atoms with Crippen molar-refractivity contribution in [1.82, 2.24) is 0 Å². The van der Waals surface area contributed by atoms with Crippen LogP contribution in [0.1, 0.15) is 81.6 Å². The molecule has 0 amide bonds. The molecular formula is C23H44. The van der Waals surface area contributed by atoms with Gasteiger partial charge in [0.2, 0.25) is 0 Å². The maximum Gasteiger partial charge on any atom is -0.0321 e. The smallest absolute Gasteiger partial charge is 0.0321 e. The molecule has 0 heterocycles. The van der Waals surface area contributed by atoms with Gasteiger partial charge >= 0.3 is 0 Å². The van der Waals surface area contributed by atoms with Crippen LogP contribution in [0.4, 0.5) is 0 Å². The Morgan fingerprint density at radius 3 is 1.87 bits per heavy atom. The van der Waals surface area contributed by atoms with Gasteiger partial charge in [-0.25, -0.2) is 0 Å². The lowest BCUT2D eigenvalue weighted by Gasteiger charge is -2.51. The Labute approximate surface area is 147 Å². The fraction of sp³-hybridized carbons (Fsp3) is 1.00. The summed E-state index contributed by atoms with van der Waals surface area (Å²) in [6, 6.07) is 0. The van der Waals surface area contributed by atoms with Gasteiger partial charge in [-0.1, -0.05) is 68.7 Å². The molecule has 0 aromatic rings. The molecule has 9 unspecified atom stereocenters. The van der Waals surface area contributed by atoms with Crippen LogP contribution in [0.5, 0.6) is 0 Å². The topological polar surface area (TPSA) is 0 Å². The van der Waals surface area contributed by atoms with Gasteiger partial charge in [-0.2, -0.15) is 0 Å². The molecule has 0 nitrogen and oxygen atoms in total. The van der Waals surface area contributed by atoms with E-state index in [-0.39, 0.29) is 0 Å². The molecular weight excluding hydrogens is 276 g/mol. The lowest BCUT2D eigenvalue weighted by atomic mass is 9.54. The van der Waals surface area contributed by atoms with Crippen molar-refractivity contribution < 1.29 is 0 Å². The van der Waals surface area contributed by atoms with Crippen LogP contribution in [0, 0.1) is 65.1 Å². The second kappa shape index (κ2) is 7.49. The van der Waals surface area contributed by atoms with Gasteiger partial charge in [-0.15, -0.1) is 0 Å². The van der Waals surface area contributed by atoms with E-state index in [0.717, 1.165) is 65.1 Å². The molecule has 0 radical (unpaired) electrons. The third-order valence-electron chi connectivity index (χ3n) is 8.53. The molecule has 136 valence electrons. The van der Waals surface area contributed by atoms with E-state index < -0.39 is 0 Å². The molecule has 0 N–H and O–H groups in total. The Hall–Kier alpha value is 0. The van der Waals surface area contributed by atoms with Crippen molar-refractivity contribution in [3.05, 3.63) is 0 Å². The molecule has 9 atom stereocenters. The molecule has 0 spiro atoms. The minimum atomic E-state index is 0.833. The highest BCUT2D eigenvalue weighted by Crippen LogP contribution is 2.62. The van der Waals surface area contributed by atoms with Crippen molar-refractivity contribution in [2.24, 2.45) is 65.1 Å². The Morgan fingerprint density at radius 1 is 0.826 bits per heavy atom.